The number of halogens is 1. The van der Waals surface area contributed by atoms with Crippen LogP contribution in [-0.2, 0) is 6.42 Å². The van der Waals surface area contributed by atoms with Crippen molar-refractivity contribution in [1.82, 2.24) is 4.98 Å². The second kappa shape index (κ2) is 5.47. The third-order valence-electron chi connectivity index (χ3n) is 2.52. The molecule has 1 heterocycles. The number of nitrogens with two attached hydrogens (primary N) is 1. The van der Waals surface area contributed by atoms with E-state index >= 15 is 0 Å². The van der Waals surface area contributed by atoms with E-state index in [2.05, 4.69) is 40.8 Å². The Morgan fingerprint density at radius 2 is 2.21 bits per heavy atom. The van der Waals surface area contributed by atoms with Gasteiger partial charge in [-0.15, -0.1) is 0 Å². The van der Waals surface area contributed by atoms with Gasteiger partial charge >= 0.3 is 0 Å². The van der Waals surface area contributed by atoms with Crippen molar-refractivity contribution in [3.63, 3.8) is 0 Å². The van der Waals surface area contributed by atoms with E-state index in [1.807, 2.05) is 6.20 Å². The van der Waals surface area contributed by atoms with Crippen LogP contribution in [0.15, 0.2) is 22.9 Å². The summed E-state index contributed by atoms with van der Waals surface area (Å²) in [5.74, 6) is 0.510. The second-order valence-corrected chi connectivity index (χ2v) is 4.68. The molecule has 0 radical (unpaired) electrons. The molecular formula is C11H17BrN2. The van der Waals surface area contributed by atoms with Gasteiger partial charge < -0.3 is 5.73 Å². The van der Waals surface area contributed by atoms with E-state index in [1.54, 1.807) is 6.20 Å². The Bertz CT molecular complexity index is 288. The molecule has 0 aliphatic heterocycles. The van der Waals surface area contributed by atoms with Crippen molar-refractivity contribution in [2.24, 2.45) is 11.7 Å². The summed E-state index contributed by atoms with van der Waals surface area (Å²) in [7, 11) is 0. The van der Waals surface area contributed by atoms with Gasteiger partial charge in [0.05, 0.1) is 0 Å². The maximum atomic E-state index is 5.97. The molecule has 1 aromatic heterocycles. The second-order valence-electron chi connectivity index (χ2n) is 3.76. The van der Waals surface area contributed by atoms with Crippen LogP contribution in [0, 0.1) is 5.92 Å². The first-order chi connectivity index (χ1) is 6.63. The minimum Gasteiger partial charge on any atom is -0.327 e. The number of rotatable bonds is 4. The van der Waals surface area contributed by atoms with Crippen LogP contribution < -0.4 is 5.73 Å². The minimum atomic E-state index is 0.286. The molecule has 0 fully saturated rings. The van der Waals surface area contributed by atoms with Crippen molar-refractivity contribution in [1.29, 1.82) is 0 Å². The summed E-state index contributed by atoms with van der Waals surface area (Å²) in [6, 6.07) is 2.39. The lowest BCUT2D eigenvalue weighted by Gasteiger charge is -2.17. The van der Waals surface area contributed by atoms with Gasteiger partial charge in [0.15, 0.2) is 0 Å². The predicted molar refractivity (Wildman–Crippen MR) is 63.1 cm³/mol. The summed E-state index contributed by atoms with van der Waals surface area (Å²) >= 11 is 3.41. The van der Waals surface area contributed by atoms with E-state index in [4.69, 9.17) is 5.73 Å². The van der Waals surface area contributed by atoms with Crippen molar-refractivity contribution in [2.75, 3.05) is 0 Å². The van der Waals surface area contributed by atoms with Gasteiger partial charge in [0.2, 0.25) is 0 Å². The van der Waals surface area contributed by atoms with Crippen molar-refractivity contribution in [3.8, 4) is 0 Å². The lowest BCUT2D eigenvalue weighted by Crippen LogP contribution is -2.28. The Hall–Kier alpha value is -0.410. The molecule has 0 amide bonds. The molecule has 0 bridgehead atoms. The van der Waals surface area contributed by atoms with Crippen LogP contribution >= 0.6 is 15.9 Å². The van der Waals surface area contributed by atoms with E-state index in [1.165, 1.54) is 5.56 Å². The van der Waals surface area contributed by atoms with Gasteiger partial charge in [-0.2, -0.15) is 0 Å². The third-order valence-corrected chi connectivity index (χ3v) is 2.96. The van der Waals surface area contributed by atoms with Gasteiger partial charge in [-0.3, -0.25) is 4.98 Å². The summed E-state index contributed by atoms with van der Waals surface area (Å²) in [6.45, 7) is 4.31. The van der Waals surface area contributed by atoms with E-state index in [0.29, 0.717) is 5.92 Å². The number of nitrogens with zero attached hydrogens (tertiary/aromatic N) is 1. The lowest BCUT2D eigenvalue weighted by atomic mass is 9.94. The summed E-state index contributed by atoms with van der Waals surface area (Å²) in [6.07, 6.45) is 5.74. The van der Waals surface area contributed by atoms with Crippen molar-refractivity contribution in [2.45, 2.75) is 32.7 Å². The molecule has 0 aliphatic carbocycles. The lowest BCUT2D eigenvalue weighted by molar-refractivity contribution is 0.442. The van der Waals surface area contributed by atoms with E-state index in [9.17, 15) is 0 Å². The van der Waals surface area contributed by atoms with Crippen molar-refractivity contribution >= 4 is 15.9 Å². The molecule has 1 rings (SSSR count). The predicted octanol–water partition coefficient (Wildman–Crippen LogP) is 2.76. The number of hydrogen-bond donors (Lipinski definition) is 1. The maximum Gasteiger partial charge on any atom is 0.0410 e. The summed E-state index contributed by atoms with van der Waals surface area (Å²) in [5.41, 5.74) is 7.22. The topological polar surface area (TPSA) is 38.9 Å². The highest BCUT2D eigenvalue weighted by molar-refractivity contribution is 9.10. The molecule has 1 aromatic rings. The van der Waals surface area contributed by atoms with Crippen LogP contribution in [0.1, 0.15) is 25.8 Å². The Morgan fingerprint density at radius 1 is 1.50 bits per heavy atom. The normalized spacial score (nSPS) is 15.1. The number of pyridine rings is 1. The van der Waals surface area contributed by atoms with Crippen LogP contribution in [0.2, 0.25) is 0 Å². The maximum absolute atomic E-state index is 5.97. The minimum absolute atomic E-state index is 0.286. The van der Waals surface area contributed by atoms with Crippen molar-refractivity contribution in [3.05, 3.63) is 28.5 Å². The van der Waals surface area contributed by atoms with Crippen LogP contribution in [0.4, 0.5) is 0 Å². The highest BCUT2D eigenvalue weighted by Crippen LogP contribution is 2.15. The van der Waals surface area contributed by atoms with Crippen molar-refractivity contribution < 1.29 is 0 Å². The highest BCUT2D eigenvalue weighted by atomic mass is 79.9. The van der Waals surface area contributed by atoms with E-state index in [-0.39, 0.29) is 6.04 Å². The average Bonchev–Trinajstić information content (AvgIpc) is 2.16. The molecule has 0 spiro atoms. The molecule has 3 heteroatoms. The smallest absolute Gasteiger partial charge is 0.0410 e. The molecule has 0 saturated carbocycles. The number of hydrogen-bond acceptors (Lipinski definition) is 2. The van der Waals surface area contributed by atoms with Crippen LogP contribution in [0.5, 0.6) is 0 Å². The quantitative estimate of drug-likeness (QED) is 0.900. The standard InChI is InChI=1S/C11H17BrN2/c1-3-11(13)8(2)4-9-5-10(12)7-14-6-9/h5-8,11H,3-4,13H2,1-2H3. The summed E-state index contributed by atoms with van der Waals surface area (Å²) in [4.78, 5) is 4.13. The summed E-state index contributed by atoms with van der Waals surface area (Å²) in [5, 5.41) is 0. The first-order valence-corrected chi connectivity index (χ1v) is 5.77. The van der Waals surface area contributed by atoms with Gasteiger partial charge in [0, 0.05) is 22.9 Å². The molecule has 2 nitrogen and oxygen atoms in total. The first-order valence-electron chi connectivity index (χ1n) is 4.98. The van der Waals surface area contributed by atoms with Gasteiger partial charge in [-0.1, -0.05) is 13.8 Å². The van der Waals surface area contributed by atoms with Gasteiger partial charge in [0.1, 0.15) is 0 Å². The summed E-state index contributed by atoms with van der Waals surface area (Å²) < 4.78 is 1.03. The Labute approximate surface area is 94.0 Å². The highest BCUT2D eigenvalue weighted by Gasteiger charge is 2.11. The van der Waals surface area contributed by atoms with E-state index < -0.39 is 0 Å². The average molecular weight is 257 g/mol. The fourth-order valence-corrected chi connectivity index (χ4v) is 1.91. The fourth-order valence-electron chi connectivity index (χ4n) is 1.49. The first kappa shape index (κ1) is 11.7. The van der Waals surface area contributed by atoms with Gasteiger partial charge in [-0.25, -0.2) is 0 Å². The molecule has 14 heavy (non-hydrogen) atoms. The molecule has 2 atom stereocenters. The Kier molecular flexibility index (Phi) is 4.55. The zero-order valence-corrected chi connectivity index (χ0v) is 10.3. The molecular weight excluding hydrogens is 240 g/mol. The SMILES string of the molecule is CCC(N)C(C)Cc1cncc(Br)c1. The van der Waals surface area contributed by atoms with Crippen LogP contribution in [-0.4, -0.2) is 11.0 Å². The molecule has 2 N–H and O–H groups in total. The third kappa shape index (κ3) is 3.39. The Balaban J connectivity index is 2.60. The Morgan fingerprint density at radius 3 is 2.79 bits per heavy atom. The zero-order valence-electron chi connectivity index (χ0n) is 8.70. The zero-order chi connectivity index (χ0) is 10.6. The molecule has 0 aliphatic rings. The van der Waals surface area contributed by atoms with E-state index in [0.717, 1.165) is 17.3 Å². The van der Waals surface area contributed by atoms with Crippen LogP contribution in [0.25, 0.3) is 0 Å². The number of aromatic nitrogens is 1. The molecule has 0 aromatic carbocycles. The van der Waals surface area contributed by atoms with Crippen LogP contribution in [0.3, 0.4) is 0 Å². The monoisotopic (exact) mass is 256 g/mol. The molecule has 0 saturated heterocycles. The van der Waals surface area contributed by atoms with Gasteiger partial charge in [0.25, 0.3) is 0 Å². The van der Waals surface area contributed by atoms with Gasteiger partial charge in [-0.05, 0) is 46.3 Å². The molecule has 2 unspecified atom stereocenters. The largest absolute Gasteiger partial charge is 0.327 e. The molecule has 78 valence electrons. The fraction of sp³-hybridized carbons (Fsp3) is 0.545.